The van der Waals surface area contributed by atoms with Gasteiger partial charge in [0.1, 0.15) is 5.75 Å². The number of anilines is 1. The minimum Gasteiger partial charge on any atom is -0.492 e. The molecule has 29 heavy (non-hydrogen) atoms. The fraction of sp³-hybridized carbons (Fsp3) is 0.200. The highest BCUT2D eigenvalue weighted by Crippen LogP contribution is 2.30. The lowest BCUT2D eigenvalue weighted by Gasteiger charge is -2.30. The molecule has 1 amide bonds. The average molecular weight is 412 g/mol. The quantitative estimate of drug-likeness (QED) is 0.379. The molecular formula is C20H20N4O4S. The molecule has 0 radical (unpaired) electrons. The molecule has 1 aliphatic heterocycles. The molecule has 2 aromatic carbocycles. The van der Waals surface area contributed by atoms with E-state index in [4.69, 9.17) is 17.0 Å². The van der Waals surface area contributed by atoms with E-state index in [-0.39, 0.29) is 11.6 Å². The second-order valence-corrected chi connectivity index (χ2v) is 6.71. The van der Waals surface area contributed by atoms with Crippen LogP contribution in [0.5, 0.6) is 5.75 Å². The second kappa shape index (κ2) is 8.70. The second-order valence-electron chi connectivity index (χ2n) is 6.30. The van der Waals surface area contributed by atoms with E-state index in [1.54, 1.807) is 37.3 Å². The standard InChI is InChI=1S/C20H20N4O4S/c1-3-28-16-7-5-4-6-15(16)22-19(25)17-12(2)21-20(29)23-18(17)13-8-10-14(11-9-13)24(26)27/h4-11,18H,3H2,1-2H3,(H,22,25)(H2,21,23,29). The molecule has 0 fully saturated rings. The molecule has 8 nitrogen and oxygen atoms in total. The van der Waals surface area contributed by atoms with E-state index in [0.29, 0.717) is 40.0 Å². The van der Waals surface area contributed by atoms with Crippen molar-refractivity contribution in [3.05, 3.63) is 75.5 Å². The van der Waals surface area contributed by atoms with Gasteiger partial charge in [0.2, 0.25) is 0 Å². The number of hydrogen-bond acceptors (Lipinski definition) is 5. The highest BCUT2D eigenvalue weighted by Gasteiger charge is 2.30. The van der Waals surface area contributed by atoms with Crippen LogP contribution in [0.15, 0.2) is 59.8 Å². The van der Waals surface area contributed by atoms with Crippen LogP contribution in [0, 0.1) is 10.1 Å². The number of allylic oxidation sites excluding steroid dienone is 1. The minimum absolute atomic E-state index is 0.0254. The van der Waals surface area contributed by atoms with Gasteiger partial charge in [-0.2, -0.15) is 0 Å². The number of nitrogens with one attached hydrogen (secondary N) is 3. The number of thiocarbonyl (C=S) groups is 1. The normalized spacial score (nSPS) is 15.9. The number of non-ortho nitro benzene ring substituents is 1. The van der Waals surface area contributed by atoms with Crippen molar-refractivity contribution in [2.75, 3.05) is 11.9 Å². The zero-order valence-electron chi connectivity index (χ0n) is 15.9. The zero-order chi connectivity index (χ0) is 21.0. The van der Waals surface area contributed by atoms with Gasteiger partial charge in [-0.25, -0.2) is 0 Å². The fourth-order valence-electron chi connectivity index (χ4n) is 3.07. The predicted molar refractivity (Wildman–Crippen MR) is 114 cm³/mol. The van der Waals surface area contributed by atoms with Gasteiger partial charge >= 0.3 is 0 Å². The minimum atomic E-state index is -0.552. The van der Waals surface area contributed by atoms with Crippen molar-refractivity contribution in [1.82, 2.24) is 10.6 Å². The first-order chi connectivity index (χ1) is 13.9. The Morgan fingerprint density at radius 1 is 1.24 bits per heavy atom. The maximum atomic E-state index is 13.1. The van der Waals surface area contributed by atoms with Gasteiger partial charge in [-0.1, -0.05) is 12.1 Å². The van der Waals surface area contributed by atoms with Crippen LogP contribution < -0.4 is 20.7 Å². The van der Waals surface area contributed by atoms with Crippen molar-refractivity contribution < 1.29 is 14.5 Å². The van der Waals surface area contributed by atoms with Crippen LogP contribution in [0.2, 0.25) is 0 Å². The summed E-state index contributed by atoms with van der Waals surface area (Å²) in [7, 11) is 0. The molecular weight excluding hydrogens is 392 g/mol. The molecule has 1 unspecified atom stereocenters. The van der Waals surface area contributed by atoms with Crippen LogP contribution in [0.25, 0.3) is 0 Å². The van der Waals surface area contributed by atoms with Gasteiger partial charge in [0.25, 0.3) is 11.6 Å². The lowest BCUT2D eigenvalue weighted by molar-refractivity contribution is -0.384. The third-order valence-electron chi connectivity index (χ3n) is 4.39. The lowest BCUT2D eigenvalue weighted by Crippen LogP contribution is -2.45. The van der Waals surface area contributed by atoms with Crippen LogP contribution in [-0.4, -0.2) is 22.5 Å². The summed E-state index contributed by atoms with van der Waals surface area (Å²) < 4.78 is 5.57. The van der Waals surface area contributed by atoms with E-state index < -0.39 is 11.0 Å². The highest BCUT2D eigenvalue weighted by molar-refractivity contribution is 7.80. The Morgan fingerprint density at radius 3 is 2.59 bits per heavy atom. The highest BCUT2D eigenvalue weighted by atomic mass is 32.1. The Kier molecular flexibility index (Phi) is 6.08. The van der Waals surface area contributed by atoms with Gasteiger partial charge in [-0.05, 0) is 55.9 Å². The number of carbonyl (C=O) groups is 1. The van der Waals surface area contributed by atoms with Gasteiger partial charge in [-0.15, -0.1) is 0 Å². The molecule has 1 heterocycles. The van der Waals surface area contributed by atoms with Gasteiger partial charge in [-0.3, -0.25) is 14.9 Å². The summed E-state index contributed by atoms with van der Waals surface area (Å²) in [6.45, 7) is 4.10. The lowest BCUT2D eigenvalue weighted by atomic mass is 9.94. The molecule has 3 N–H and O–H groups in total. The topological polar surface area (TPSA) is 106 Å². The van der Waals surface area contributed by atoms with Gasteiger partial charge in [0.05, 0.1) is 28.8 Å². The van der Waals surface area contributed by atoms with Crippen molar-refractivity contribution in [1.29, 1.82) is 0 Å². The van der Waals surface area contributed by atoms with Crippen molar-refractivity contribution >= 4 is 34.6 Å². The largest absolute Gasteiger partial charge is 0.492 e. The predicted octanol–water partition coefficient (Wildman–Crippen LogP) is 3.43. The third-order valence-corrected chi connectivity index (χ3v) is 4.61. The molecule has 2 aromatic rings. The van der Waals surface area contributed by atoms with Crippen LogP contribution in [-0.2, 0) is 4.79 Å². The zero-order valence-corrected chi connectivity index (χ0v) is 16.7. The molecule has 1 atom stereocenters. The van der Waals surface area contributed by atoms with Crippen molar-refractivity contribution in [2.45, 2.75) is 19.9 Å². The first kappa shape index (κ1) is 20.3. The van der Waals surface area contributed by atoms with E-state index in [0.717, 1.165) is 0 Å². The maximum Gasteiger partial charge on any atom is 0.269 e. The molecule has 1 aliphatic rings. The SMILES string of the molecule is CCOc1ccccc1NC(=O)C1=C(C)NC(=S)NC1c1ccc([N+](=O)[O-])cc1. The van der Waals surface area contributed by atoms with E-state index in [1.165, 1.54) is 12.1 Å². The summed E-state index contributed by atoms with van der Waals surface area (Å²) in [5.41, 5.74) is 2.24. The molecule has 150 valence electrons. The number of nitrogens with zero attached hydrogens (tertiary/aromatic N) is 1. The van der Waals surface area contributed by atoms with Crippen molar-refractivity contribution in [3.8, 4) is 5.75 Å². The summed E-state index contributed by atoms with van der Waals surface area (Å²) in [5, 5.41) is 20.2. The first-order valence-corrected chi connectivity index (χ1v) is 9.37. The van der Waals surface area contributed by atoms with E-state index in [9.17, 15) is 14.9 Å². The number of amides is 1. The van der Waals surface area contributed by atoms with Crippen molar-refractivity contribution in [2.24, 2.45) is 0 Å². The number of nitro benzene ring substituents is 1. The number of benzene rings is 2. The first-order valence-electron chi connectivity index (χ1n) is 8.96. The Morgan fingerprint density at radius 2 is 1.93 bits per heavy atom. The molecule has 0 saturated carbocycles. The maximum absolute atomic E-state index is 13.1. The number of nitro groups is 1. The Balaban J connectivity index is 1.93. The van der Waals surface area contributed by atoms with E-state index >= 15 is 0 Å². The Labute approximate surface area is 173 Å². The van der Waals surface area contributed by atoms with Gasteiger partial charge < -0.3 is 20.7 Å². The van der Waals surface area contributed by atoms with Crippen LogP contribution in [0.3, 0.4) is 0 Å². The summed E-state index contributed by atoms with van der Waals surface area (Å²) in [6, 6.07) is 12.6. The number of para-hydroxylation sites is 2. The smallest absolute Gasteiger partial charge is 0.269 e. The molecule has 0 bridgehead atoms. The molecule has 0 saturated heterocycles. The monoisotopic (exact) mass is 412 g/mol. The van der Waals surface area contributed by atoms with Gasteiger partial charge in [0, 0.05) is 17.8 Å². The van der Waals surface area contributed by atoms with E-state index in [1.807, 2.05) is 13.0 Å². The molecule has 0 spiro atoms. The summed E-state index contributed by atoms with van der Waals surface area (Å²) in [6.07, 6.45) is 0. The average Bonchev–Trinajstić information content (AvgIpc) is 2.69. The third kappa shape index (κ3) is 4.52. The number of rotatable bonds is 6. The van der Waals surface area contributed by atoms with Crippen LogP contribution in [0.4, 0.5) is 11.4 Å². The molecule has 3 rings (SSSR count). The summed E-state index contributed by atoms with van der Waals surface area (Å²) in [5.74, 6) is 0.237. The summed E-state index contributed by atoms with van der Waals surface area (Å²) >= 11 is 5.24. The number of hydrogen-bond donors (Lipinski definition) is 3. The fourth-order valence-corrected chi connectivity index (χ4v) is 3.35. The van der Waals surface area contributed by atoms with Crippen molar-refractivity contribution in [3.63, 3.8) is 0 Å². The Hall–Kier alpha value is -3.46. The van der Waals surface area contributed by atoms with E-state index in [2.05, 4.69) is 16.0 Å². The number of carbonyl (C=O) groups excluding carboxylic acids is 1. The molecule has 9 heteroatoms. The van der Waals surface area contributed by atoms with Crippen LogP contribution >= 0.6 is 12.2 Å². The molecule has 0 aromatic heterocycles. The Bertz CT molecular complexity index is 988. The number of ether oxygens (including phenoxy) is 1. The molecule has 0 aliphatic carbocycles. The van der Waals surface area contributed by atoms with Gasteiger partial charge in [0.15, 0.2) is 5.11 Å². The van der Waals surface area contributed by atoms with Crippen LogP contribution in [0.1, 0.15) is 25.5 Å². The summed E-state index contributed by atoms with van der Waals surface area (Å²) in [4.78, 5) is 23.6.